The molecule has 3 rings (SSSR count). The monoisotopic (exact) mass is 419 g/mol. The van der Waals surface area contributed by atoms with Gasteiger partial charge in [0.05, 0.1) is 4.88 Å². The molecule has 2 N–H and O–H groups in total. The minimum atomic E-state index is -0.869. The molecule has 154 valence electrons. The molecule has 0 saturated carbocycles. The van der Waals surface area contributed by atoms with Gasteiger partial charge in [0.25, 0.3) is 11.8 Å². The number of nitrogens with one attached hydrogen (secondary N) is 2. The number of benzene rings is 1. The molecule has 9 heteroatoms. The van der Waals surface area contributed by atoms with Crippen molar-refractivity contribution < 1.29 is 23.5 Å². The molecule has 1 aromatic heterocycles. The molecule has 2 aromatic rings. The second-order valence-corrected chi connectivity index (χ2v) is 7.68. The zero-order valence-corrected chi connectivity index (χ0v) is 16.7. The van der Waals surface area contributed by atoms with E-state index in [9.17, 15) is 18.8 Å². The lowest BCUT2D eigenvalue weighted by atomic mass is 9.96. The van der Waals surface area contributed by atoms with Crippen molar-refractivity contribution in [3.63, 3.8) is 0 Å². The van der Waals surface area contributed by atoms with Crippen LogP contribution in [-0.4, -0.2) is 41.8 Å². The number of likely N-dealkylation sites (tertiary alicyclic amines) is 1. The molecule has 1 atom stereocenters. The number of carbonyl (C=O) groups is 3. The van der Waals surface area contributed by atoms with Crippen LogP contribution in [0.1, 0.15) is 29.4 Å². The number of hydrogen-bond acceptors (Lipinski definition) is 5. The number of carbonyl (C=O) groups excluding carboxylic acids is 3. The van der Waals surface area contributed by atoms with Crippen LogP contribution in [0.5, 0.6) is 5.75 Å². The Morgan fingerprint density at radius 3 is 2.45 bits per heavy atom. The standard InChI is InChI=1S/C20H22FN3O4S/c1-13(28-16-6-4-15(21)5-7-16)18(25)22-23-19(26)14-8-10-24(11-9-14)20(27)17-3-2-12-29-17/h2-7,12-14H,8-11H2,1H3,(H,22,25)(H,23,26)/t13-/m1/s1. The molecule has 1 aliphatic rings. The van der Waals surface area contributed by atoms with Crippen molar-refractivity contribution in [2.75, 3.05) is 13.1 Å². The van der Waals surface area contributed by atoms with Crippen molar-refractivity contribution in [3.8, 4) is 5.75 Å². The van der Waals surface area contributed by atoms with E-state index in [2.05, 4.69) is 10.9 Å². The molecule has 0 radical (unpaired) electrons. The van der Waals surface area contributed by atoms with Gasteiger partial charge >= 0.3 is 0 Å². The Kier molecular flexibility index (Phi) is 6.82. The van der Waals surface area contributed by atoms with Gasteiger partial charge < -0.3 is 9.64 Å². The molecule has 0 unspecified atom stereocenters. The highest BCUT2D eigenvalue weighted by Gasteiger charge is 2.28. The number of piperidine rings is 1. The smallest absolute Gasteiger partial charge is 0.279 e. The number of hydrogen-bond donors (Lipinski definition) is 2. The van der Waals surface area contributed by atoms with Crippen molar-refractivity contribution in [1.29, 1.82) is 0 Å². The highest BCUT2D eigenvalue weighted by atomic mass is 32.1. The van der Waals surface area contributed by atoms with Gasteiger partial charge in [0.1, 0.15) is 11.6 Å². The van der Waals surface area contributed by atoms with Gasteiger partial charge in [0, 0.05) is 19.0 Å². The summed E-state index contributed by atoms with van der Waals surface area (Å²) >= 11 is 1.40. The first-order valence-electron chi connectivity index (χ1n) is 9.28. The molecule has 0 aliphatic carbocycles. The van der Waals surface area contributed by atoms with Gasteiger partial charge in [-0.05, 0) is 55.5 Å². The summed E-state index contributed by atoms with van der Waals surface area (Å²) in [7, 11) is 0. The zero-order valence-electron chi connectivity index (χ0n) is 15.9. The summed E-state index contributed by atoms with van der Waals surface area (Å²) in [5.41, 5.74) is 4.77. The van der Waals surface area contributed by atoms with E-state index in [1.165, 1.54) is 42.5 Å². The fraction of sp³-hybridized carbons (Fsp3) is 0.350. The van der Waals surface area contributed by atoms with Crippen LogP contribution in [-0.2, 0) is 9.59 Å². The maximum absolute atomic E-state index is 12.9. The topological polar surface area (TPSA) is 87.7 Å². The minimum absolute atomic E-state index is 0.0149. The van der Waals surface area contributed by atoms with Gasteiger partial charge in [-0.15, -0.1) is 11.3 Å². The lowest BCUT2D eigenvalue weighted by molar-refractivity contribution is -0.134. The van der Waals surface area contributed by atoms with Crippen LogP contribution in [0.25, 0.3) is 0 Å². The number of ether oxygens (including phenoxy) is 1. The molecule has 1 aliphatic heterocycles. The third kappa shape index (κ3) is 5.54. The Labute approximate surface area is 171 Å². The van der Waals surface area contributed by atoms with Crippen molar-refractivity contribution in [2.24, 2.45) is 5.92 Å². The van der Waals surface area contributed by atoms with E-state index < -0.39 is 17.8 Å². The maximum atomic E-state index is 12.9. The summed E-state index contributed by atoms with van der Waals surface area (Å²) in [5, 5.41) is 1.86. The van der Waals surface area contributed by atoms with Gasteiger partial charge in [-0.3, -0.25) is 25.2 Å². The van der Waals surface area contributed by atoms with Crippen molar-refractivity contribution in [2.45, 2.75) is 25.9 Å². The van der Waals surface area contributed by atoms with E-state index >= 15 is 0 Å². The van der Waals surface area contributed by atoms with Crippen LogP contribution in [0, 0.1) is 11.7 Å². The SMILES string of the molecule is C[C@@H](Oc1ccc(F)cc1)C(=O)NNC(=O)C1CCN(C(=O)c2cccs2)CC1. The van der Waals surface area contributed by atoms with Gasteiger partial charge in [-0.1, -0.05) is 6.07 Å². The van der Waals surface area contributed by atoms with Crippen LogP contribution in [0.3, 0.4) is 0 Å². The maximum Gasteiger partial charge on any atom is 0.279 e. The van der Waals surface area contributed by atoms with Crippen LogP contribution in [0.2, 0.25) is 0 Å². The minimum Gasteiger partial charge on any atom is -0.481 e. The number of thiophene rings is 1. The molecule has 1 saturated heterocycles. The Morgan fingerprint density at radius 2 is 1.83 bits per heavy atom. The average molecular weight is 419 g/mol. The lowest BCUT2D eigenvalue weighted by Gasteiger charge is -2.31. The van der Waals surface area contributed by atoms with E-state index in [-0.39, 0.29) is 17.7 Å². The van der Waals surface area contributed by atoms with E-state index in [1.54, 1.807) is 11.0 Å². The number of nitrogens with zero attached hydrogens (tertiary/aromatic N) is 1. The number of rotatable bonds is 5. The van der Waals surface area contributed by atoms with E-state index in [0.29, 0.717) is 36.6 Å². The highest BCUT2D eigenvalue weighted by molar-refractivity contribution is 7.12. The fourth-order valence-corrected chi connectivity index (χ4v) is 3.69. The predicted octanol–water partition coefficient (Wildman–Crippen LogP) is 2.35. The van der Waals surface area contributed by atoms with Crippen molar-refractivity contribution >= 4 is 29.1 Å². The summed E-state index contributed by atoms with van der Waals surface area (Å²) in [5.74, 6) is -1.16. The van der Waals surface area contributed by atoms with E-state index in [0.717, 1.165) is 0 Å². The molecular formula is C20H22FN3O4S. The largest absolute Gasteiger partial charge is 0.481 e. The predicted molar refractivity (Wildman–Crippen MR) is 106 cm³/mol. The molecular weight excluding hydrogens is 397 g/mol. The van der Waals surface area contributed by atoms with E-state index in [1.807, 2.05) is 11.4 Å². The summed E-state index contributed by atoms with van der Waals surface area (Å²) in [6.07, 6.45) is 0.187. The average Bonchev–Trinajstić information content (AvgIpc) is 3.28. The first-order valence-corrected chi connectivity index (χ1v) is 10.2. The van der Waals surface area contributed by atoms with Crippen LogP contribution >= 0.6 is 11.3 Å². The fourth-order valence-electron chi connectivity index (χ4n) is 3.00. The first kappa shape index (κ1) is 20.8. The molecule has 0 bridgehead atoms. The van der Waals surface area contributed by atoms with Gasteiger partial charge in [0.2, 0.25) is 5.91 Å². The number of amides is 3. The lowest BCUT2D eigenvalue weighted by Crippen LogP contribution is -2.50. The van der Waals surface area contributed by atoms with Gasteiger partial charge in [-0.25, -0.2) is 4.39 Å². The summed E-state index contributed by atoms with van der Waals surface area (Å²) in [4.78, 5) is 39.2. The summed E-state index contributed by atoms with van der Waals surface area (Å²) < 4.78 is 18.3. The van der Waals surface area contributed by atoms with Gasteiger partial charge in [-0.2, -0.15) is 0 Å². The Morgan fingerprint density at radius 1 is 1.14 bits per heavy atom. The molecule has 29 heavy (non-hydrogen) atoms. The van der Waals surface area contributed by atoms with Crippen LogP contribution in [0.15, 0.2) is 41.8 Å². The van der Waals surface area contributed by atoms with Gasteiger partial charge in [0.15, 0.2) is 6.10 Å². The van der Waals surface area contributed by atoms with Crippen molar-refractivity contribution in [3.05, 3.63) is 52.5 Å². The molecule has 7 nitrogen and oxygen atoms in total. The summed E-state index contributed by atoms with van der Waals surface area (Å²) in [6, 6.07) is 8.93. The Bertz CT molecular complexity index is 849. The van der Waals surface area contributed by atoms with Crippen LogP contribution < -0.4 is 15.6 Å². The zero-order chi connectivity index (χ0) is 20.8. The quantitative estimate of drug-likeness (QED) is 0.729. The summed E-state index contributed by atoms with van der Waals surface area (Å²) in [6.45, 7) is 2.51. The Hall–Kier alpha value is -2.94. The number of hydrazine groups is 1. The van der Waals surface area contributed by atoms with E-state index in [4.69, 9.17) is 4.74 Å². The highest BCUT2D eigenvalue weighted by Crippen LogP contribution is 2.21. The van der Waals surface area contributed by atoms with Crippen LogP contribution in [0.4, 0.5) is 4.39 Å². The third-order valence-electron chi connectivity index (χ3n) is 4.69. The molecule has 1 fully saturated rings. The van der Waals surface area contributed by atoms with Crippen molar-refractivity contribution in [1.82, 2.24) is 15.8 Å². The Balaban J connectivity index is 1.40. The normalized spacial score (nSPS) is 15.4. The first-order chi connectivity index (χ1) is 13.9. The third-order valence-corrected chi connectivity index (χ3v) is 5.55. The second kappa shape index (κ2) is 9.51. The molecule has 2 heterocycles. The second-order valence-electron chi connectivity index (χ2n) is 6.74. The number of halogens is 1. The molecule has 0 spiro atoms. The molecule has 1 aromatic carbocycles. The molecule has 3 amide bonds.